The molecule has 1 fully saturated rings. The molecule has 6 nitrogen and oxygen atoms in total. The van der Waals surface area contributed by atoms with Crippen LogP contribution in [0.1, 0.15) is 43.0 Å². The van der Waals surface area contributed by atoms with Crippen molar-refractivity contribution in [2.45, 2.75) is 32.6 Å². The molecule has 5 amide bonds. The molecule has 0 spiro atoms. The summed E-state index contributed by atoms with van der Waals surface area (Å²) in [6.07, 6.45) is 5.18. The van der Waals surface area contributed by atoms with Gasteiger partial charge in [0.25, 0.3) is 11.8 Å². The van der Waals surface area contributed by atoms with E-state index < -0.39 is 29.2 Å². The molecule has 0 bridgehead atoms. The maximum absolute atomic E-state index is 13.1. The number of carbonyl (C=O) groups excluding carboxylic acids is 4. The second-order valence-corrected chi connectivity index (χ2v) is 6.56. The first-order valence-electron chi connectivity index (χ1n) is 8.34. The van der Waals surface area contributed by atoms with Crippen molar-refractivity contribution in [1.82, 2.24) is 9.80 Å². The fourth-order valence-electron chi connectivity index (χ4n) is 3.43. The molecule has 1 heterocycles. The summed E-state index contributed by atoms with van der Waals surface area (Å²) < 4.78 is 0. The summed E-state index contributed by atoms with van der Waals surface area (Å²) in [6, 6.07) is 7.22. The molecule has 3 rings (SSSR count). The molecule has 0 N–H and O–H groups in total. The van der Waals surface area contributed by atoms with Gasteiger partial charge in [-0.15, -0.1) is 0 Å². The molecular formula is C19H20N2O4. The molecule has 0 saturated carbocycles. The van der Waals surface area contributed by atoms with E-state index in [1.165, 1.54) is 26.1 Å². The van der Waals surface area contributed by atoms with Gasteiger partial charge in [-0.3, -0.25) is 19.3 Å². The predicted molar refractivity (Wildman–Crippen MR) is 90.4 cm³/mol. The summed E-state index contributed by atoms with van der Waals surface area (Å²) in [5.74, 6) is -2.05. The molecule has 1 aromatic rings. The van der Waals surface area contributed by atoms with Crippen molar-refractivity contribution in [3.63, 3.8) is 0 Å². The van der Waals surface area contributed by atoms with Crippen LogP contribution in [0.4, 0.5) is 4.79 Å². The number of barbiturate groups is 1. The number of carbonyl (C=O) groups is 4. The molecule has 1 saturated heterocycles. The van der Waals surface area contributed by atoms with Gasteiger partial charge in [-0.2, -0.15) is 4.90 Å². The first-order valence-corrected chi connectivity index (χ1v) is 8.34. The summed E-state index contributed by atoms with van der Waals surface area (Å²) in [5.41, 5.74) is -0.584. The highest BCUT2D eigenvalue weighted by Gasteiger charge is 2.57. The largest absolute Gasteiger partial charge is 0.340 e. The molecular weight excluding hydrogens is 320 g/mol. The number of hydrogen-bond acceptors (Lipinski definition) is 4. The molecule has 0 radical (unpaired) electrons. The van der Waals surface area contributed by atoms with E-state index >= 15 is 0 Å². The second kappa shape index (κ2) is 6.27. The fourth-order valence-corrected chi connectivity index (χ4v) is 3.43. The van der Waals surface area contributed by atoms with Gasteiger partial charge in [0.1, 0.15) is 5.41 Å². The van der Waals surface area contributed by atoms with E-state index in [4.69, 9.17) is 0 Å². The number of allylic oxidation sites excluding steroid dienone is 1. The monoisotopic (exact) mass is 340 g/mol. The highest BCUT2D eigenvalue weighted by molar-refractivity contribution is 6.28. The number of amides is 5. The van der Waals surface area contributed by atoms with Crippen molar-refractivity contribution in [3.8, 4) is 0 Å². The zero-order valence-electron chi connectivity index (χ0n) is 14.3. The average Bonchev–Trinajstić information content (AvgIpc) is 2.66. The van der Waals surface area contributed by atoms with Crippen molar-refractivity contribution >= 4 is 23.8 Å². The third-order valence-electron chi connectivity index (χ3n) is 5.00. The molecule has 1 aliphatic carbocycles. The van der Waals surface area contributed by atoms with Crippen LogP contribution in [0.5, 0.6) is 0 Å². The van der Waals surface area contributed by atoms with Gasteiger partial charge in [0.2, 0.25) is 5.91 Å². The molecule has 1 aliphatic heterocycles. The number of hydrogen-bond donors (Lipinski definition) is 0. The minimum atomic E-state index is -1.51. The smallest absolute Gasteiger partial charge is 0.273 e. The molecule has 1 unspecified atom stereocenters. The Balaban J connectivity index is 2.06. The SMILES string of the molecule is CN1C(=O)N(C(=O)c2ccccc2)C(=O)C(C)(C2=CCCCC2)C1=O. The van der Waals surface area contributed by atoms with Gasteiger partial charge in [0.15, 0.2) is 0 Å². The Hall–Kier alpha value is -2.76. The van der Waals surface area contributed by atoms with Crippen LogP contribution >= 0.6 is 0 Å². The maximum Gasteiger partial charge on any atom is 0.340 e. The van der Waals surface area contributed by atoms with Crippen molar-refractivity contribution in [3.05, 3.63) is 47.5 Å². The lowest BCUT2D eigenvalue weighted by atomic mass is 9.73. The standard InChI is InChI=1S/C19H20N2O4/c1-19(14-11-7-4-8-12-14)16(23)20(2)18(25)21(17(19)24)15(22)13-9-5-3-6-10-13/h3,5-6,9-11H,4,7-8,12H2,1-2H3. The van der Waals surface area contributed by atoms with E-state index in [1.807, 2.05) is 6.08 Å². The molecule has 25 heavy (non-hydrogen) atoms. The minimum Gasteiger partial charge on any atom is -0.273 e. The molecule has 130 valence electrons. The minimum absolute atomic E-state index is 0.229. The Kier molecular flexibility index (Phi) is 4.29. The Morgan fingerprint density at radius 1 is 1.04 bits per heavy atom. The van der Waals surface area contributed by atoms with E-state index in [2.05, 4.69) is 0 Å². The number of nitrogens with zero attached hydrogens (tertiary/aromatic N) is 2. The van der Waals surface area contributed by atoms with E-state index in [1.54, 1.807) is 18.2 Å². The van der Waals surface area contributed by atoms with Crippen LogP contribution in [0.25, 0.3) is 0 Å². The summed E-state index contributed by atoms with van der Waals surface area (Å²) >= 11 is 0. The lowest BCUT2D eigenvalue weighted by Gasteiger charge is -2.42. The highest BCUT2D eigenvalue weighted by atomic mass is 16.2. The summed E-state index contributed by atoms with van der Waals surface area (Å²) in [6.45, 7) is 1.52. The van der Waals surface area contributed by atoms with E-state index in [-0.39, 0.29) is 5.56 Å². The van der Waals surface area contributed by atoms with Crippen molar-refractivity contribution in [2.24, 2.45) is 5.41 Å². The van der Waals surface area contributed by atoms with E-state index in [0.29, 0.717) is 16.9 Å². The Morgan fingerprint density at radius 3 is 2.32 bits per heavy atom. The predicted octanol–water partition coefficient (Wildman–Crippen LogP) is 2.75. The number of rotatable bonds is 2. The molecule has 2 aliphatic rings. The Bertz CT molecular complexity index is 784. The number of imide groups is 4. The maximum atomic E-state index is 13.1. The third-order valence-corrected chi connectivity index (χ3v) is 5.00. The van der Waals surface area contributed by atoms with Gasteiger partial charge in [-0.05, 0) is 50.3 Å². The van der Waals surface area contributed by atoms with E-state index in [9.17, 15) is 19.2 Å². The lowest BCUT2D eigenvalue weighted by molar-refractivity contribution is -0.152. The fraction of sp³-hybridized carbons (Fsp3) is 0.368. The van der Waals surface area contributed by atoms with Gasteiger partial charge < -0.3 is 0 Å². The lowest BCUT2D eigenvalue weighted by Crippen LogP contribution is -2.65. The van der Waals surface area contributed by atoms with Crippen LogP contribution in [0.3, 0.4) is 0 Å². The van der Waals surface area contributed by atoms with Gasteiger partial charge in [0, 0.05) is 12.6 Å². The van der Waals surface area contributed by atoms with Crippen LogP contribution in [0, 0.1) is 5.41 Å². The molecule has 0 aromatic heterocycles. The van der Waals surface area contributed by atoms with Crippen LogP contribution in [-0.2, 0) is 9.59 Å². The van der Waals surface area contributed by atoms with Crippen molar-refractivity contribution < 1.29 is 19.2 Å². The topological polar surface area (TPSA) is 74.8 Å². The number of urea groups is 1. The third kappa shape index (κ3) is 2.58. The van der Waals surface area contributed by atoms with Gasteiger partial charge in [-0.25, -0.2) is 4.79 Å². The van der Waals surface area contributed by atoms with Crippen LogP contribution in [0.2, 0.25) is 0 Å². The van der Waals surface area contributed by atoms with Gasteiger partial charge >= 0.3 is 6.03 Å². The van der Waals surface area contributed by atoms with E-state index in [0.717, 1.165) is 24.2 Å². The van der Waals surface area contributed by atoms with Crippen LogP contribution in [-0.4, -0.2) is 40.6 Å². The number of benzene rings is 1. The Labute approximate surface area is 146 Å². The van der Waals surface area contributed by atoms with Gasteiger partial charge in [0.05, 0.1) is 0 Å². The quantitative estimate of drug-likeness (QED) is 0.471. The highest BCUT2D eigenvalue weighted by Crippen LogP contribution is 2.40. The first kappa shape index (κ1) is 17.1. The van der Waals surface area contributed by atoms with Crippen molar-refractivity contribution in [1.29, 1.82) is 0 Å². The zero-order valence-corrected chi connectivity index (χ0v) is 14.3. The summed E-state index contributed by atoms with van der Waals surface area (Å²) in [5, 5.41) is 0. The van der Waals surface area contributed by atoms with Crippen LogP contribution < -0.4 is 0 Å². The molecule has 1 aromatic carbocycles. The second-order valence-electron chi connectivity index (χ2n) is 6.56. The normalized spacial score (nSPS) is 24.4. The first-order chi connectivity index (χ1) is 11.9. The van der Waals surface area contributed by atoms with Crippen molar-refractivity contribution in [2.75, 3.05) is 7.05 Å². The average molecular weight is 340 g/mol. The Morgan fingerprint density at radius 2 is 1.72 bits per heavy atom. The summed E-state index contributed by atoms with van der Waals surface area (Å²) in [4.78, 5) is 52.6. The summed E-state index contributed by atoms with van der Waals surface area (Å²) in [7, 11) is 1.31. The van der Waals surface area contributed by atoms with Gasteiger partial charge in [-0.1, -0.05) is 24.3 Å². The van der Waals surface area contributed by atoms with Crippen LogP contribution in [0.15, 0.2) is 42.0 Å². The zero-order chi connectivity index (χ0) is 18.2. The molecule has 1 atom stereocenters. The molecule has 6 heteroatoms.